The molecule has 4 N–H and O–H groups in total. The number of para-hydroxylation sites is 1. The van der Waals surface area contributed by atoms with Crippen LogP contribution in [0, 0.1) is 5.82 Å². The molecule has 0 aliphatic heterocycles. The number of aliphatic hydroxyl groups excluding tert-OH is 1. The monoisotopic (exact) mass is 425 g/mol. The molecule has 0 unspecified atom stereocenters. The van der Waals surface area contributed by atoms with Gasteiger partial charge in [0.2, 0.25) is 11.8 Å². The lowest BCUT2D eigenvalue weighted by Gasteiger charge is -2.13. The SMILES string of the molecule is NC(=O)c1ccc(Oc2ccc(CCNC[C@@H](O)COc3ccccc3F)cc2)nc1. The van der Waals surface area contributed by atoms with Crippen molar-refractivity contribution in [3.8, 4) is 17.4 Å². The van der Waals surface area contributed by atoms with Crippen LogP contribution in [0.5, 0.6) is 17.4 Å². The highest BCUT2D eigenvalue weighted by molar-refractivity contribution is 5.92. The number of halogens is 1. The van der Waals surface area contributed by atoms with Gasteiger partial charge in [-0.1, -0.05) is 24.3 Å². The lowest BCUT2D eigenvalue weighted by molar-refractivity contribution is 0.0999. The smallest absolute Gasteiger partial charge is 0.250 e. The van der Waals surface area contributed by atoms with E-state index in [4.69, 9.17) is 15.2 Å². The summed E-state index contributed by atoms with van der Waals surface area (Å²) in [6.45, 7) is 1.00. The second-order valence-corrected chi connectivity index (χ2v) is 6.84. The van der Waals surface area contributed by atoms with Crippen LogP contribution in [0.4, 0.5) is 4.39 Å². The number of benzene rings is 2. The van der Waals surface area contributed by atoms with Gasteiger partial charge in [0.25, 0.3) is 0 Å². The molecule has 0 radical (unpaired) electrons. The lowest BCUT2D eigenvalue weighted by atomic mass is 10.1. The maximum absolute atomic E-state index is 13.5. The number of ether oxygens (including phenoxy) is 2. The molecule has 1 amide bonds. The average molecular weight is 425 g/mol. The molecule has 0 fully saturated rings. The number of primary amides is 1. The number of aliphatic hydroxyl groups is 1. The molecule has 0 aliphatic rings. The summed E-state index contributed by atoms with van der Waals surface area (Å²) in [5.41, 5.74) is 6.60. The number of nitrogens with zero attached hydrogens (tertiary/aromatic N) is 1. The minimum absolute atomic E-state index is 0.00836. The van der Waals surface area contributed by atoms with Crippen LogP contribution in [0.1, 0.15) is 15.9 Å². The summed E-state index contributed by atoms with van der Waals surface area (Å²) in [7, 11) is 0. The van der Waals surface area contributed by atoms with Crippen LogP contribution in [-0.2, 0) is 6.42 Å². The Morgan fingerprint density at radius 1 is 1.13 bits per heavy atom. The molecular weight excluding hydrogens is 401 g/mol. The Labute approximate surface area is 179 Å². The molecule has 3 rings (SSSR count). The van der Waals surface area contributed by atoms with Gasteiger partial charge in [-0.05, 0) is 48.9 Å². The van der Waals surface area contributed by atoms with E-state index < -0.39 is 17.8 Å². The third-order valence-electron chi connectivity index (χ3n) is 4.40. The van der Waals surface area contributed by atoms with Crippen molar-refractivity contribution in [2.24, 2.45) is 5.73 Å². The van der Waals surface area contributed by atoms with Crippen LogP contribution in [0.25, 0.3) is 0 Å². The summed E-state index contributed by atoms with van der Waals surface area (Å²) < 4.78 is 24.4. The lowest BCUT2D eigenvalue weighted by Crippen LogP contribution is -2.32. The molecule has 2 aromatic carbocycles. The Kier molecular flexibility index (Phi) is 7.91. The summed E-state index contributed by atoms with van der Waals surface area (Å²) in [4.78, 5) is 15.1. The molecule has 7 nitrogen and oxygen atoms in total. The number of carbonyl (C=O) groups excluding carboxylic acids is 1. The van der Waals surface area contributed by atoms with Gasteiger partial charge in [0.1, 0.15) is 18.5 Å². The van der Waals surface area contributed by atoms with Crippen molar-refractivity contribution in [1.29, 1.82) is 0 Å². The summed E-state index contributed by atoms with van der Waals surface area (Å²) in [6, 6.07) is 16.8. The maximum atomic E-state index is 13.5. The van der Waals surface area contributed by atoms with Crippen molar-refractivity contribution in [2.45, 2.75) is 12.5 Å². The third kappa shape index (κ3) is 7.06. The maximum Gasteiger partial charge on any atom is 0.250 e. The number of rotatable bonds is 11. The van der Waals surface area contributed by atoms with Crippen LogP contribution in [0.3, 0.4) is 0 Å². The van der Waals surface area contributed by atoms with Gasteiger partial charge in [0.05, 0.1) is 5.56 Å². The Bertz CT molecular complexity index is 981. The Morgan fingerprint density at radius 3 is 2.58 bits per heavy atom. The molecule has 1 atom stereocenters. The van der Waals surface area contributed by atoms with Crippen molar-refractivity contribution in [3.05, 3.63) is 83.8 Å². The van der Waals surface area contributed by atoms with Gasteiger partial charge in [-0.25, -0.2) is 9.37 Å². The number of hydrogen-bond acceptors (Lipinski definition) is 6. The molecule has 0 saturated heterocycles. The highest BCUT2D eigenvalue weighted by Crippen LogP contribution is 2.20. The van der Waals surface area contributed by atoms with Crippen molar-refractivity contribution >= 4 is 5.91 Å². The first-order valence-corrected chi connectivity index (χ1v) is 9.80. The van der Waals surface area contributed by atoms with Gasteiger partial charge in [-0.3, -0.25) is 4.79 Å². The molecule has 8 heteroatoms. The van der Waals surface area contributed by atoms with E-state index in [1.54, 1.807) is 24.3 Å². The molecular formula is C23H24FN3O4. The van der Waals surface area contributed by atoms with E-state index in [1.807, 2.05) is 24.3 Å². The van der Waals surface area contributed by atoms with E-state index in [0.717, 1.165) is 12.0 Å². The van der Waals surface area contributed by atoms with E-state index >= 15 is 0 Å². The van der Waals surface area contributed by atoms with E-state index in [2.05, 4.69) is 10.3 Å². The Hall–Kier alpha value is -3.49. The Balaban J connectivity index is 1.36. The van der Waals surface area contributed by atoms with Gasteiger partial charge < -0.3 is 25.6 Å². The third-order valence-corrected chi connectivity index (χ3v) is 4.40. The van der Waals surface area contributed by atoms with Crippen LogP contribution < -0.4 is 20.5 Å². The van der Waals surface area contributed by atoms with Crippen molar-refractivity contribution < 1.29 is 23.8 Å². The van der Waals surface area contributed by atoms with E-state index in [-0.39, 0.29) is 12.4 Å². The molecule has 0 saturated carbocycles. The zero-order valence-electron chi connectivity index (χ0n) is 16.8. The number of aromatic nitrogens is 1. The highest BCUT2D eigenvalue weighted by Gasteiger charge is 2.08. The first kappa shape index (κ1) is 22.2. The molecule has 1 heterocycles. The van der Waals surface area contributed by atoms with Crippen LogP contribution in [0.2, 0.25) is 0 Å². The van der Waals surface area contributed by atoms with Crippen LogP contribution in [-0.4, -0.2) is 41.8 Å². The van der Waals surface area contributed by atoms with Gasteiger partial charge in [-0.2, -0.15) is 0 Å². The minimum atomic E-state index is -0.746. The number of amides is 1. The molecule has 0 aliphatic carbocycles. The molecule has 162 valence electrons. The predicted molar refractivity (Wildman–Crippen MR) is 114 cm³/mol. The fraction of sp³-hybridized carbons (Fsp3) is 0.217. The molecule has 1 aromatic heterocycles. The van der Waals surface area contributed by atoms with Crippen molar-refractivity contribution in [2.75, 3.05) is 19.7 Å². The molecule has 3 aromatic rings. The fourth-order valence-electron chi connectivity index (χ4n) is 2.74. The Morgan fingerprint density at radius 2 is 1.90 bits per heavy atom. The number of hydrogen-bond donors (Lipinski definition) is 3. The normalized spacial score (nSPS) is 11.7. The van der Waals surface area contributed by atoms with Crippen LogP contribution in [0.15, 0.2) is 66.9 Å². The summed E-state index contributed by atoms with van der Waals surface area (Å²) in [5, 5.41) is 13.1. The quantitative estimate of drug-likeness (QED) is 0.408. The van der Waals surface area contributed by atoms with Crippen LogP contribution >= 0.6 is 0 Å². The number of pyridine rings is 1. The van der Waals surface area contributed by atoms with Gasteiger partial charge in [-0.15, -0.1) is 0 Å². The predicted octanol–water partition coefficient (Wildman–Crippen LogP) is 2.68. The van der Waals surface area contributed by atoms with E-state index in [1.165, 1.54) is 18.3 Å². The topological polar surface area (TPSA) is 107 Å². The number of nitrogens with two attached hydrogens (primary N) is 1. The van der Waals surface area contributed by atoms with Gasteiger partial charge >= 0.3 is 0 Å². The first-order chi connectivity index (χ1) is 15.0. The standard InChI is InChI=1S/C23H24FN3O4/c24-20-3-1-2-4-21(20)30-15-18(28)14-26-12-11-16-5-8-19(9-6-16)31-22-10-7-17(13-27-22)23(25)29/h1-10,13,18,26,28H,11-12,14-15H2,(H2,25,29)/t18-/m1/s1. The average Bonchev–Trinajstić information content (AvgIpc) is 2.77. The summed E-state index contributed by atoms with van der Waals surface area (Å²) in [5.74, 6) is 0.126. The highest BCUT2D eigenvalue weighted by atomic mass is 19.1. The van der Waals surface area contributed by atoms with Crippen molar-refractivity contribution in [3.63, 3.8) is 0 Å². The zero-order valence-corrected chi connectivity index (χ0v) is 16.8. The minimum Gasteiger partial charge on any atom is -0.488 e. The molecule has 0 spiro atoms. The number of nitrogens with one attached hydrogen (secondary N) is 1. The molecule has 0 bridgehead atoms. The second-order valence-electron chi connectivity index (χ2n) is 6.84. The zero-order chi connectivity index (χ0) is 22.1. The van der Waals surface area contributed by atoms with Crippen molar-refractivity contribution in [1.82, 2.24) is 10.3 Å². The second kappa shape index (κ2) is 11.1. The summed E-state index contributed by atoms with van der Waals surface area (Å²) >= 11 is 0. The first-order valence-electron chi connectivity index (χ1n) is 9.80. The molecule has 31 heavy (non-hydrogen) atoms. The number of carbonyl (C=O) groups is 1. The van der Waals surface area contributed by atoms with Gasteiger partial charge in [0, 0.05) is 18.8 Å². The largest absolute Gasteiger partial charge is 0.488 e. The fourth-order valence-corrected chi connectivity index (χ4v) is 2.74. The van der Waals surface area contributed by atoms with E-state index in [9.17, 15) is 14.3 Å². The van der Waals surface area contributed by atoms with Gasteiger partial charge in [0.15, 0.2) is 11.6 Å². The summed E-state index contributed by atoms with van der Waals surface area (Å²) in [6.07, 6.45) is 1.38. The van der Waals surface area contributed by atoms with E-state index in [0.29, 0.717) is 30.3 Å².